The first-order valence-electron chi connectivity index (χ1n) is 9.00. The Morgan fingerprint density at radius 1 is 1.21 bits per heavy atom. The van der Waals surface area contributed by atoms with Crippen molar-refractivity contribution < 1.29 is 13.9 Å². The van der Waals surface area contributed by atoms with E-state index in [4.69, 9.17) is 10.1 Å². The topological polar surface area (TPSA) is 78.1 Å². The van der Waals surface area contributed by atoms with Crippen LogP contribution >= 0.6 is 11.8 Å². The number of hydrogen-bond donors (Lipinski definition) is 1. The summed E-state index contributed by atoms with van der Waals surface area (Å²) in [5.74, 6) is -0.241. The molecule has 8 heteroatoms. The van der Waals surface area contributed by atoms with Crippen molar-refractivity contribution in [3.05, 3.63) is 71.0 Å². The average Bonchev–Trinajstić information content (AvgIpc) is 3.15. The molecule has 6 nitrogen and oxygen atoms in total. The standard InChI is InChI=1S/C21H17FN4O2S/c1-2-18-25-26-19(23)16(20(27)24-21(26)29-18)11-14-5-3-4-6-17(14)28-12-13-7-9-15(22)10-8-13/h3-11,23H,2,12H2,1H3/b16-11+,23-19?. The van der Waals surface area contributed by atoms with Gasteiger partial charge in [-0.25, -0.2) is 4.39 Å². The summed E-state index contributed by atoms with van der Waals surface area (Å²) in [6.45, 7) is 2.21. The molecule has 2 aliphatic rings. The van der Waals surface area contributed by atoms with Crippen LogP contribution < -0.4 is 4.74 Å². The van der Waals surface area contributed by atoms with Gasteiger partial charge in [-0.05, 0) is 48.0 Å². The zero-order valence-electron chi connectivity index (χ0n) is 15.6. The van der Waals surface area contributed by atoms with E-state index in [0.29, 0.717) is 22.9 Å². The van der Waals surface area contributed by atoms with Gasteiger partial charge in [0, 0.05) is 5.56 Å². The lowest BCUT2D eigenvalue weighted by Crippen LogP contribution is -2.35. The number of nitrogens with one attached hydrogen (secondary N) is 1. The molecule has 2 aliphatic heterocycles. The van der Waals surface area contributed by atoms with Gasteiger partial charge in [0.25, 0.3) is 5.91 Å². The number of fused-ring (bicyclic) bond motifs is 1. The summed E-state index contributed by atoms with van der Waals surface area (Å²) in [7, 11) is 0. The van der Waals surface area contributed by atoms with E-state index in [0.717, 1.165) is 10.6 Å². The van der Waals surface area contributed by atoms with Crippen molar-refractivity contribution in [3.8, 4) is 5.75 Å². The minimum absolute atomic E-state index is 0.00992. The summed E-state index contributed by atoms with van der Waals surface area (Å²) in [5.41, 5.74) is 1.61. The van der Waals surface area contributed by atoms with Gasteiger partial charge in [0.2, 0.25) is 5.17 Å². The number of aliphatic imine (C=N–C) groups is 1. The highest BCUT2D eigenvalue weighted by molar-refractivity contribution is 8.26. The number of halogens is 1. The highest BCUT2D eigenvalue weighted by Crippen LogP contribution is 2.30. The Hall–Kier alpha value is -3.26. The highest BCUT2D eigenvalue weighted by atomic mass is 32.2. The summed E-state index contributed by atoms with van der Waals surface area (Å²) in [4.78, 5) is 16.6. The van der Waals surface area contributed by atoms with Gasteiger partial charge in [-0.3, -0.25) is 10.2 Å². The van der Waals surface area contributed by atoms with Gasteiger partial charge in [0.15, 0.2) is 5.84 Å². The molecule has 0 spiro atoms. The SMILES string of the molecule is CCC1=NN2C(=N)/C(=C\c3ccccc3OCc3ccc(F)cc3)C(=O)N=C2S1. The zero-order chi connectivity index (χ0) is 20.4. The first-order valence-corrected chi connectivity index (χ1v) is 9.82. The fraction of sp³-hybridized carbons (Fsp3) is 0.143. The minimum Gasteiger partial charge on any atom is -0.488 e. The molecule has 0 atom stereocenters. The number of amides is 1. The lowest BCUT2D eigenvalue weighted by molar-refractivity contribution is -0.114. The van der Waals surface area contributed by atoms with Crippen LogP contribution in [0.4, 0.5) is 4.39 Å². The Bertz CT molecular complexity index is 1080. The molecule has 0 aromatic heterocycles. The highest BCUT2D eigenvalue weighted by Gasteiger charge is 2.35. The van der Waals surface area contributed by atoms with Crippen LogP contribution in [0.2, 0.25) is 0 Å². The van der Waals surface area contributed by atoms with E-state index in [9.17, 15) is 9.18 Å². The van der Waals surface area contributed by atoms with E-state index in [-0.39, 0.29) is 23.8 Å². The number of nitrogens with zero attached hydrogens (tertiary/aromatic N) is 3. The van der Waals surface area contributed by atoms with Gasteiger partial charge in [-0.1, -0.05) is 37.3 Å². The van der Waals surface area contributed by atoms with Gasteiger partial charge in [-0.2, -0.15) is 15.1 Å². The molecule has 2 heterocycles. The van der Waals surface area contributed by atoms with Crippen molar-refractivity contribution in [2.75, 3.05) is 0 Å². The Labute approximate surface area is 171 Å². The van der Waals surface area contributed by atoms with Crippen molar-refractivity contribution in [3.63, 3.8) is 0 Å². The van der Waals surface area contributed by atoms with E-state index in [1.807, 2.05) is 19.1 Å². The van der Waals surface area contributed by atoms with Crippen LogP contribution in [0.3, 0.4) is 0 Å². The fourth-order valence-corrected chi connectivity index (χ4v) is 3.63. The number of benzene rings is 2. The number of rotatable bonds is 5. The molecule has 4 rings (SSSR count). The van der Waals surface area contributed by atoms with Crippen LogP contribution in [-0.4, -0.2) is 27.0 Å². The molecule has 0 bridgehead atoms. The Morgan fingerprint density at radius 3 is 2.72 bits per heavy atom. The van der Waals surface area contributed by atoms with E-state index in [1.165, 1.54) is 28.9 Å². The van der Waals surface area contributed by atoms with Crippen molar-refractivity contribution in [2.24, 2.45) is 10.1 Å². The maximum atomic E-state index is 13.1. The molecule has 146 valence electrons. The lowest BCUT2D eigenvalue weighted by Gasteiger charge is -2.20. The molecule has 0 fully saturated rings. The van der Waals surface area contributed by atoms with E-state index < -0.39 is 5.91 Å². The quantitative estimate of drug-likeness (QED) is 0.742. The van der Waals surface area contributed by atoms with Gasteiger partial charge < -0.3 is 4.74 Å². The number of hydrogen-bond acceptors (Lipinski definition) is 5. The third-order valence-electron chi connectivity index (χ3n) is 4.33. The predicted molar refractivity (Wildman–Crippen MR) is 112 cm³/mol. The molecule has 0 saturated heterocycles. The summed E-state index contributed by atoms with van der Waals surface area (Å²) >= 11 is 1.31. The maximum absolute atomic E-state index is 13.1. The van der Waals surface area contributed by atoms with E-state index in [1.54, 1.807) is 30.3 Å². The van der Waals surface area contributed by atoms with Gasteiger partial charge in [0.05, 0.1) is 5.57 Å². The number of carbonyl (C=O) groups excluding carboxylic acids is 1. The molecule has 1 amide bonds. The predicted octanol–water partition coefficient (Wildman–Crippen LogP) is 4.43. The lowest BCUT2D eigenvalue weighted by atomic mass is 10.1. The molecule has 2 aromatic carbocycles. The van der Waals surface area contributed by atoms with Crippen LogP contribution in [0.15, 0.2) is 64.2 Å². The molecule has 2 aromatic rings. The molecule has 0 saturated carbocycles. The van der Waals surface area contributed by atoms with Crippen LogP contribution in [0.5, 0.6) is 5.75 Å². The normalized spacial score (nSPS) is 17.3. The number of para-hydroxylation sites is 1. The first kappa shape index (κ1) is 19.1. The Balaban J connectivity index is 1.60. The van der Waals surface area contributed by atoms with Crippen LogP contribution in [0, 0.1) is 11.2 Å². The average molecular weight is 408 g/mol. The third-order valence-corrected chi connectivity index (χ3v) is 5.38. The monoisotopic (exact) mass is 408 g/mol. The summed E-state index contributed by atoms with van der Waals surface area (Å²) in [6, 6.07) is 13.3. The fourth-order valence-electron chi connectivity index (χ4n) is 2.80. The smallest absolute Gasteiger partial charge is 0.283 e. The van der Waals surface area contributed by atoms with Gasteiger partial charge in [0.1, 0.15) is 23.2 Å². The number of carbonyl (C=O) groups is 1. The Morgan fingerprint density at radius 2 is 1.97 bits per heavy atom. The maximum Gasteiger partial charge on any atom is 0.283 e. The second kappa shape index (κ2) is 8.00. The molecule has 1 N–H and O–H groups in total. The molecule has 0 radical (unpaired) electrons. The summed E-state index contributed by atoms with van der Waals surface area (Å²) in [6.07, 6.45) is 2.30. The summed E-state index contributed by atoms with van der Waals surface area (Å²) < 4.78 is 18.9. The minimum atomic E-state index is -0.477. The second-order valence-corrected chi connectivity index (χ2v) is 7.36. The zero-order valence-corrected chi connectivity index (χ0v) is 16.4. The van der Waals surface area contributed by atoms with Crippen LogP contribution in [-0.2, 0) is 11.4 Å². The van der Waals surface area contributed by atoms with Gasteiger partial charge >= 0.3 is 0 Å². The van der Waals surface area contributed by atoms with Gasteiger partial charge in [-0.15, -0.1) is 0 Å². The second-order valence-electron chi connectivity index (χ2n) is 6.32. The number of thioether (sulfide) groups is 1. The molecule has 29 heavy (non-hydrogen) atoms. The third kappa shape index (κ3) is 3.97. The first-order chi connectivity index (χ1) is 14.0. The molecule has 0 aliphatic carbocycles. The molecule has 0 unspecified atom stereocenters. The largest absolute Gasteiger partial charge is 0.488 e. The molecular weight excluding hydrogens is 391 g/mol. The molecular formula is C21H17FN4O2S. The van der Waals surface area contributed by atoms with Crippen LogP contribution in [0.25, 0.3) is 6.08 Å². The van der Waals surface area contributed by atoms with Crippen molar-refractivity contribution in [2.45, 2.75) is 20.0 Å². The van der Waals surface area contributed by atoms with Crippen molar-refractivity contribution in [1.29, 1.82) is 5.41 Å². The number of ether oxygens (including phenoxy) is 1. The van der Waals surface area contributed by atoms with E-state index >= 15 is 0 Å². The number of amidine groups is 2. The van der Waals surface area contributed by atoms with E-state index in [2.05, 4.69) is 10.1 Å². The van der Waals surface area contributed by atoms with Crippen molar-refractivity contribution in [1.82, 2.24) is 5.01 Å². The Kier molecular flexibility index (Phi) is 5.26. The van der Waals surface area contributed by atoms with Crippen LogP contribution in [0.1, 0.15) is 24.5 Å². The number of hydrazone groups is 1. The summed E-state index contributed by atoms with van der Waals surface area (Å²) in [5, 5.41) is 15.4. The van der Waals surface area contributed by atoms with Crippen molar-refractivity contribution >= 4 is 39.8 Å².